The number of hydrogen-bond acceptors (Lipinski definition) is 5. The molecule has 4 N–H and O–H groups in total. The van der Waals surface area contributed by atoms with Gasteiger partial charge in [-0.2, -0.15) is 0 Å². The molecule has 1 aliphatic rings. The van der Waals surface area contributed by atoms with Gasteiger partial charge in [0.1, 0.15) is 5.82 Å². The second kappa shape index (κ2) is 11.0. The van der Waals surface area contributed by atoms with Gasteiger partial charge in [0.2, 0.25) is 0 Å². The number of benzene rings is 1. The van der Waals surface area contributed by atoms with Crippen LogP contribution in [-0.4, -0.2) is 44.7 Å². The summed E-state index contributed by atoms with van der Waals surface area (Å²) in [5, 5.41) is 9.49. The van der Waals surface area contributed by atoms with Gasteiger partial charge in [0.15, 0.2) is 0 Å². The van der Waals surface area contributed by atoms with Crippen LogP contribution in [0.25, 0.3) is 11.0 Å². The summed E-state index contributed by atoms with van der Waals surface area (Å²) in [4.78, 5) is 15.3. The molecule has 162 valence electrons. The predicted octanol–water partition coefficient (Wildman–Crippen LogP) is 3.99. The molecule has 0 radical (unpaired) electrons. The van der Waals surface area contributed by atoms with Gasteiger partial charge in [-0.15, -0.1) is 0 Å². The number of nitrogens with zero attached hydrogens (tertiary/aromatic N) is 3. The fourth-order valence-electron chi connectivity index (χ4n) is 3.97. The number of H-pyrrole nitrogens is 1. The minimum atomic E-state index is -0.00547. The normalized spacial score (nSPS) is 16.1. The van der Waals surface area contributed by atoms with Crippen LogP contribution >= 0.6 is 0 Å². The number of nitrogens with two attached hydrogens (primary N) is 1. The molecule has 1 aliphatic carbocycles. The summed E-state index contributed by atoms with van der Waals surface area (Å²) in [6.45, 7) is 1.75. The molecule has 0 spiro atoms. The van der Waals surface area contributed by atoms with E-state index in [0.29, 0.717) is 19.6 Å². The highest BCUT2D eigenvalue weighted by Gasteiger charge is 2.27. The molecule has 3 aromatic rings. The number of hydrogen-bond donors (Lipinski definition) is 3. The summed E-state index contributed by atoms with van der Waals surface area (Å²) in [6, 6.07) is 12.5. The van der Waals surface area contributed by atoms with Crippen LogP contribution in [0.3, 0.4) is 0 Å². The van der Waals surface area contributed by atoms with E-state index in [1.54, 1.807) is 0 Å². The molecule has 0 saturated carbocycles. The number of aliphatic hydroxyl groups is 1. The first-order valence-corrected chi connectivity index (χ1v) is 9.88. The van der Waals surface area contributed by atoms with Crippen LogP contribution < -0.4 is 5.73 Å². The van der Waals surface area contributed by atoms with Gasteiger partial charge in [-0.25, -0.2) is 4.98 Å². The highest BCUT2D eigenvalue weighted by Crippen LogP contribution is 2.33. The lowest BCUT2D eigenvalue weighted by Gasteiger charge is -2.34. The molecule has 2 aromatic heterocycles. The zero-order valence-corrected chi connectivity index (χ0v) is 16.0. The number of pyridine rings is 1. The third-order valence-corrected chi connectivity index (χ3v) is 5.48. The number of nitrogens with one attached hydrogen (secondary N) is 1. The maximum absolute atomic E-state index is 9.49. The van der Waals surface area contributed by atoms with Crippen LogP contribution in [0.5, 0.6) is 0 Å². The Morgan fingerprint density at radius 3 is 2.83 bits per heavy atom. The van der Waals surface area contributed by atoms with Crippen molar-refractivity contribution in [2.75, 3.05) is 19.7 Å². The van der Waals surface area contributed by atoms with Crippen molar-refractivity contribution in [2.24, 2.45) is 5.73 Å². The summed E-state index contributed by atoms with van der Waals surface area (Å²) in [5.41, 5.74) is 11.1. The van der Waals surface area contributed by atoms with Crippen LogP contribution in [0, 0.1) is 0 Å². The largest absolute Gasteiger partial charge is 0.392 e. The summed E-state index contributed by atoms with van der Waals surface area (Å²) >= 11 is 0. The molecule has 0 amide bonds. The van der Waals surface area contributed by atoms with Crippen LogP contribution in [0.2, 0.25) is 0 Å². The molecule has 0 bridgehead atoms. The number of imidazole rings is 1. The van der Waals surface area contributed by atoms with E-state index in [4.69, 9.17) is 15.7 Å². The summed E-state index contributed by atoms with van der Waals surface area (Å²) in [7, 11) is 0. The van der Waals surface area contributed by atoms with Gasteiger partial charge in [0.25, 0.3) is 0 Å². The number of fused-ring (bicyclic) bond motifs is 2. The highest BCUT2D eigenvalue weighted by atomic mass is 16.3. The Hall–Kier alpha value is -2.54. The lowest BCUT2D eigenvalue weighted by molar-refractivity contribution is 0.180. The number of aryl methyl sites for hydroxylation is 1. The molecule has 4 rings (SSSR count). The van der Waals surface area contributed by atoms with Gasteiger partial charge in [0.05, 0.1) is 35.9 Å². The minimum absolute atomic E-state index is 0. The van der Waals surface area contributed by atoms with E-state index in [-0.39, 0.29) is 27.5 Å². The Labute approximate surface area is 179 Å². The molecule has 1 unspecified atom stereocenters. The molecule has 6 nitrogen and oxygen atoms in total. The van der Waals surface area contributed by atoms with Crippen molar-refractivity contribution >= 4 is 11.0 Å². The molecule has 6 heteroatoms. The van der Waals surface area contributed by atoms with Crippen molar-refractivity contribution in [3.05, 3.63) is 71.3 Å². The first kappa shape index (κ1) is 23.7. The highest BCUT2D eigenvalue weighted by molar-refractivity contribution is 5.74. The Morgan fingerprint density at radius 2 is 2.07 bits per heavy atom. The monoisotopic (exact) mass is 409 g/mol. The van der Waals surface area contributed by atoms with Crippen LogP contribution in [0.4, 0.5) is 0 Å². The van der Waals surface area contributed by atoms with Gasteiger partial charge >= 0.3 is 0 Å². The van der Waals surface area contributed by atoms with E-state index in [1.165, 1.54) is 5.56 Å². The molecule has 1 aromatic carbocycles. The molecule has 0 aliphatic heterocycles. The van der Waals surface area contributed by atoms with E-state index in [2.05, 4.69) is 16.0 Å². The smallest absolute Gasteiger partial charge is 0.121 e. The van der Waals surface area contributed by atoms with Crippen molar-refractivity contribution in [1.29, 1.82) is 0 Å². The zero-order valence-electron chi connectivity index (χ0n) is 16.0. The second-order valence-electron chi connectivity index (χ2n) is 7.31. The first-order chi connectivity index (χ1) is 13.8. The fraction of sp³-hybridized carbons (Fsp3) is 0.417. The van der Waals surface area contributed by atoms with E-state index in [9.17, 15) is 5.11 Å². The molecule has 0 saturated heterocycles. The van der Waals surface area contributed by atoms with Gasteiger partial charge in [-0.05, 0) is 48.6 Å². The van der Waals surface area contributed by atoms with E-state index < -0.39 is 0 Å². The number of aliphatic hydroxyl groups excluding tert-OH is 1. The Kier molecular flexibility index (Phi) is 8.72. The number of aromatic nitrogens is 3. The summed E-state index contributed by atoms with van der Waals surface area (Å²) in [6.07, 6.45) is 7.21. The zero-order chi connectivity index (χ0) is 19.3. The second-order valence-corrected chi connectivity index (χ2v) is 7.31. The first-order valence-electron chi connectivity index (χ1n) is 9.88. The van der Waals surface area contributed by atoms with Crippen molar-refractivity contribution < 1.29 is 5.11 Å². The quantitative estimate of drug-likeness (QED) is 0.513. The van der Waals surface area contributed by atoms with Crippen molar-refractivity contribution in [3.8, 4) is 0 Å². The topological polar surface area (TPSA) is 91.1 Å². The van der Waals surface area contributed by atoms with Crippen molar-refractivity contribution in [3.63, 3.8) is 0 Å². The van der Waals surface area contributed by atoms with Crippen LogP contribution in [-0.2, 0) is 13.0 Å². The predicted molar refractivity (Wildman–Crippen MR) is 124 cm³/mol. The molecule has 2 heterocycles. The average molecular weight is 410 g/mol. The van der Waals surface area contributed by atoms with Crippen molar-refractivity contribution in [2.45, 2.75) is 46.7 Å². The lowest BCUT2D eigenvalue weighted by atomic mass is 9.90. The maximum Gasteiger partial charge on any atom is 0.121 e. The third-order valence-electron chi connectivity index (χ3n) is 5.48. The minimum Gasteiger partial charge on any atom is -0.392 e. The number of para-hydroxylation sites is 2. The molecule has 30 heavy (non-hydrogen) atoms. The van der Waals surface area contributed by atoms with Crippen LogP contribution in [0.15, 0.2) is 54.2 Å². The fourth-order valence-corrected chi connectivity index (χ4v) is 3.97. The Morgan fingerprint density at radius 1 is 1.23 bits per heavy atom. The standard InChI is InChI=1S/C22H27N5O.2CH4/c23-13-16(15-28)10-12-27(14-21-25-18-7-1-2-8-19(18)26-21)20-9-3-5-17-6-4-11-24-22(17)20;;/h1-2,4,6-8,10-11,20,28H,3,5,9,12-15,23H2,(H,25,26);2*1H4/b16-10+;;. The van der Waals surface area contributed by atoms with Crippen LogP contribution in [0.1, 0.15) is 50.8 Å². The van der Waals surface area contributed by atoms with E-state index >= 15 is 0 Å². The Balaban J connectivity index is 0.00000160. The number of rotatable bonds is 7. The van der Waals surface area contributed by atoms with Crippen molar-refractivity contribution in [1.82, 2.24) is 19.9 Å². The molecular formula is C24H35N5O. The summed E-state index contributed by atoms with van der Waals surface area (Å²) < 4.78 is 0. The van der Waals surface area contributed by atoms with E-state index in [0.717, 1.165) is 47.4 Å². The molecule has 1 atom stereocenters. The summed E-state index contributed by atoms with van der Waals surface area (Å²) in [5.74, 6) is 0.941. The third kappa shape index (κ3) is 5.14. The lowest BCUT2D eigenvalue weighted by Crippen LogP contribution is -2.32. The van der Waals surface area contributed by atoms with Gasteiger partial charge in [0, 0.05) is 19.3 Å². The van der Waals surface area contributed by atoms with Gasteiger partial charge < -0.3 is 15.8 Å². The molecular weight excluding hydrogens is 374 g/mol. The van der Waals surface area contributed by atoms with Gasteiger partial charge in [-0.3, -0.25) is 9.88 Å². The Bertz CT molecular complexity index is 926. The average Bonchev–Trinajstić information content (AvgIpc) is 3.15. The SMILES string of the molecule is C.C.NC/C(=C\CN(Cc1nc2ccccc2[nH]1)C1CCCc2cccnc21)CO. The number of aromatic amines is 1. The maximum atomic E-state index is 9.49. The molecule has 0 fully saturated rings. The van der Waals surface area contributed by atoms with Gasteiger partial charge in [-0.1, -0.05) is 39.1 Å². The van der Waals surface area contributed by atoms with E-state index in [1.807, 2.05) is 42.6 Å².